The summed E-state index contributed by atoms with van der Waals surface area (Å²) in [6, 6.07) is 7.63. The van der Waals surface area contributed by atoms with Crippen molar-refractivity contribution in [2.75, 3.05) is 6.61 Å². The van der Waals surface area contributed by atoms with Gasteiger partial charge < -0.3 is 9.84 Å². The zero-order valence-corrected chi connectivity index (χ0v) is 16.9. The Bertz CT molecular complexity index is 553. The van der Waals surface area contributed by atoms with E-state index in [9.17, 15) is 4.79 Å². The van der Waals surface area contributed by atoms with Gasteiger partial charge in [-0.2, -0.15) is 0 Å². The van der Waals surface area contributed by atoms with Crippen molar-refractivity contribution >= 4 is 12.0 Å². The van der Waals surface area contributed by atoms with Crippen LogP contribution in [0.2, 0.25) is 0 Å². The van der Waals surface area contributed by atoms with Crippen molar-refractivity contribution in [3.63, 3.8) is 0 Å². The maximum Gasteiger partial charge on any atom is 0.328 e. The van der Waals surface area contributed by atoms with E-state index in [4.69, 9.17) is 9.84 Å². The second kappa shape index (κ2) is 12.6. The highest BCUT2D eigenvalue weighted by Crippen LogP contribution is 2.32. The highest BCUT2D eigenvalue weighted by atomic mass is 16.5. The summed E-state index contributed by atoms with van der Waals surface area (Å²) < 4.78 is 5.96. The van der Waals surface area contributed by atoms with E-state index >= 15 is 0 Å². The van der Waals surface area contributed by atoms with Crippen LogP contribution >= 0.6 is 0 Å². The van der Waals surface area contributed by atoms with Crippen molar-refractivity contribution in [3.05, 3.63) is 35.9 Å². The summed E-state index contributed by atoms with van der Waals surface area (Å²) in [5.41, 5.74) is 0.875. The molecule has 0 spiro atoms. The minimum absolute atomic E-state index is 0.678. The lowest BCUT2D eigenvalue weighted by molar-refractivity contribution is -0.131. The van der Waals surface area contributed by atoms with E-state index in [1.807, 2.05) is 24.3 Å². The third kappa shape index (κ3) is 9.12. The molecule has 1 saturated carbocycles. The highest BCUT2D eigenvalue weighted by molar-refractivity contribution is 5.85. The molecule has 1 aromatic rings. The minimum Gasteiger partial charge on any atom is -0.493 e. The second-order valence-corrected chi connectivity index (χ2v) is 7.99. The van der Waals surface area contributed by atoms with Crippen LogP contribution in [0.15, 0.2) is 30.3 Å². The van der Waals surface area contributed by atoms with Gasteiger partial charge in [-0.1, -0.05) is 76.8 Å². The molecule has 1 aromatic carbocycles. The molecule has 0 amide bonds. The Morgan fingerprint density at radius 3 is 2.30 bits per heavy atom. The Labute approximate surface area is 164 Å². The fourth-order valence-electron chi connectivity index (χ4n) is 3.96. The number of ether oxygens (including phenoxy) is 1. The first-order valence-electron chi connectivity index (χ1n) is 10.8. The third-order valence-electron chi connectivity index (χ3n) is 5.72. The first kappa shape index (κ1) is 21.5. The predicted octanol–water partition coefficient (Wildman–Crippen LogP) is 6.72. The van der Waals surface area contributed by atoms with Crippen LogP contribution < -0.4 is 4.74 Å². The van der Waals surface area contributed by atoms with Gasteiger partial charge in [0.1, 0.15) is 5.75 Å². The first-order valence-corrected chi connectivity index (χ1v) is 10.8. The van der Waals surface area contributed by atoms with E-state index in [-0.39, 0.29) is 0 Å². The summed E-state index contributed by atoms with van der Waals surface area (Å²) in [7, 11) is 0. The first-order chi connectivity index (χ1) is 13.2. The zero-order valence-electron chi connectivity index (χ0n) is 16.9. The summed E-state index contributed by atoms with van der Waals surface area (Å²) in [5.74, 6) is 1.56. The number of benzene rings is 1. The number of carboxylic acid groups (broad SMARTS) is 1. The summed E-state index contributed by atoms with van der Waals surface area (Å²) >= 11 is 0. The van der Waals surface area contributed by atoms with E-state index in [2.05, 4.69) is 6.92 Å². The van der Waals surface area contributed by atoms with E-state index in [1.54, 1.807) is 6.08 Å². The minimum atomic E-state index is -0.928. The van der Waals surface area contributed by atoms with E-state index in [0.717, 1.165) is 29.9 Å². The molecular weight excluding hydrogens is 336 g/mol. The lowest BCUT2D eigenvalue weighted by Crippen LogP contribution is -2.20. The molecule has 0 bridgehead atoms. The average molecular weight is 373 g/mol. The average Bonchev–Trinajstić information content (AvgIpc) is 2.69. The van der Waals surface area contributed by atoms with Gasteiger partial charge in [0.15, 0.2) is 0 Å². The topological polar surface area (TPSA) is 46.5 Å². The van der Waals surface area contributed by atoms with Crippen LogP contribution in [-0.2, 0) is 4.79 Å². The van der Waals surface area contributed by atoms with E-state index < -0.39 is 5.97 Å². The molecule has 1 fully saturated rings. The zero-order chi connectivity index (χ0) is 19.3. The van der Waals surface area contributed by atoms with Gasteiger partial charge in [0.05, 0.1) is 6.61 Å². The molecule has 3 heteroatoms. The van der Waals surface area contributed by atoms with Gasteiger partial charge in [-0.3, -0.25) is 0 Å². The fraction of sp³-hybridized carbons (Fsp3) is 0.625. The highest BCUT2D eigenvalue weighted by Gasteiger charge is 2.21. The molecule has 0 aromatic heterocycles. The molecule has 3 nitrogen and oxygen atoms in total. The predicted molar refractivity (Wildman–Crippen MR) is 112 cm³/mol. The summed E-state index contributed by atoms with van der Waals surface area (Å²) in [6.07, 6.45) is 17.9. The van der Waals surface area contributed by atoms with Gasteiger partial charge in [0.2, 0.25) is 0 Å². The number of unbranched alkanes of at least 4 members (excludes halogenated alkanes) is 5. The van der Waals surface area contributed by atoms with Crippen LogP contribution in [0.1, 0.15) is 83.1 Å². The molecule has 1 N–H and O–H groups in total. The molecule has 0 aliphatic heterocycles. The van der Waals surface area contributed by atoms with Gasteiger partial charge in [0.25, 0.3) is 0 Å². The molecule has 0 unspecified atom stereocenters. The van der Waals surface area contributed by atoms with E-state index in [1.165, 1.54) is 70.6 Å². The monoisotopic (exact) mass is 372 g/mol. The smallest absolute Gasteiger partial charge is 0.328 e. The fourth-order valence-corrected chi connectivity index (χ4v) is 3.96. The van der Waals surface area contributed by atoms with Crippen LogP contribution in [0.4, 0.5) is 0 Å². The van der Waals surface area contributed by atoms with Crippen molar-refractivity contribution < 1.29 is 14.6 Å². The Balaban J connectivity index is 1.58. The molecule has 1 aliphatic carbocycles. The molecule has 0 radical (unpaired) electrons. The van der Waals surface area contributed by atoms with Crippen LogP contribution in [0.25, 0.3) is 6.08 Å². The van der Waals surface area contributed by atoms with Crippen LogP contribution in [0, 0.1) is 11.8 Å². The summed E-state index contributed by atoms with van der Waals surface area (Å²) in [4.78, 5) is 10.5. The number of carbonyl (C=O) groups is 1. The molecule has 2 rings (SSSR count). The number of hydrogen-bond acceptors (Lipinski definition) is 2. The van der Waals surface area contributed by atoms with Crippen LogP contribution in [0.3, 0.4) is 0 Å². The third-order valence-corrected chi connectivity index (χ3v) is 5.72. The Morgan fingerprint density at radius 1 is 1.00 bits per heavy atom. The molecule has 150 valence electrons. The molecule has 27 heavy (non-hydrogen) atoms. The van der Waals surface area contributed by atoms with Crippen molar-refractivity contribution in [1.29, 1.82) is 0 Å². The molecule has 0 atom stereocenters. The lowest BCUT2D eigenvalue weighted by Gasteiger charge is -2.28. The quantitative estimate of drug-likeness (QED) is 0.327. The molecular formula is C24H36O3. The normalized spacial score (nSPS) is 20.0. The van der Waals surface area contributed by atoms with Crippen LogP contribution in [0.5, 0.6) is 5.75 Å². The van der Waals surface area contributed by atoms with Gasteiger partial charge >= 0.3 is 5.97 Å². The Kier molecular flexibility index (Phi) is 10.0. The standard InChI is InChI=1S/C24H36O3/c1-2-3-4-5-6-7-8-20-9-11-22(12-10-20)19-27-23-16-13-21(14-17-23)15-18-24(25)26/h13-18,20,22H,2-12,19H2,1H3,(H,25,26). The number of aliphatic carboxylic acids is 1. The van der Waals surface area contributed by atoms with Crippen LogP contribution in [-0.4, -0.2) is 17.7 Å². The summed E-state index contributed by atoms with van der Waals surface area (Å²) in [5, 5.41) is 8.66. The molecule has 0 heterocycles. The van der Waals surface area contributed by atoms with Crippen molar-refractivity contribution in [2.24, 2.45) is 11.8 Å². The SMILES string of the molecule is CCCCCCCCC1CCC(COc2ccc(C=CC(=O)O)cc2)CC1. The second-order valence-electron chi connectivity index (χ2n) is 7.99. The van der Waals surface area contributed by atoms with Crippen molar-refractivity contribution in [3.8, 4) is 5.75 Å². The van der Waals surface area contributed by atoms with Gasteiger partial charge in [-0.15, -0.1) is 0 Å². The van der Waals surface area contributed by atoms with Crippen molar-refractivity contribution in [1.82, 2.24) is 0 Å². The van der Waals surface area contributed by atoms with Gasteiger partial charge in [-0.25, -0.2) is 4.79 Å². The molecule has 1 aliphatic rings. The molecule has 0 saturated heterocycles. The van der Waals surface area contributed by atoms with E-state index in [0.29, 0.717) is 5.92 Å². The van der Waals surface area contributed by atoms with Gasteiger partial charge in [0, 0.05) is 6.08 Å². The number of rotatable bonds is 12. The van der Waals surface area contributed by atoms with Crippen molar-refractivity contribution in [2.45, 2.75) is 77.6 Å². The Morgan fingerprint density at radius 2 is 1.63 bits per heavy atom. The van der Waals surface area contributed by atoms with Gasteiger partial charge in [-0.05, 0) is 48.4 Å². The summed E-state index contributed by atoms with van der Waals surface area (Å²) in [6.45, 7) is 3.07. The Hall–Kier alpha value is -1.77. The maximum atomic E-state index is 10.5. The largest absolute Gasteiger partial charge is 0.493 e. The lowest BCUT2D eigenvalue weighted by atomic mass is 9.80. The number of hydrogen-bond donors (Lipinski definition) is 1. The number of carboxylic acids is 1. The maximum absolute atomic E-state index is 10.5.